The van der Waals surface area contributed by atoms with E-state index in [0.29, 0.717) is 6.54 Å². The Kier molecular flexibility index (Phi) is 4.40. The second-order valence-electron chi connectivity index (χ2n) is 3.76. The highest BCUT2D eigenvalue weighted by Crippen LogP contribution is 1.99. The summed E-state index contributed by atoms with van der Waals surface area (Å²) in [5.41, 5.74) is 1.02. The number of nitrogens with one attached hydrogen (secondary N) is 3. The van der Waals surface area contributed by atoms with Crippen molar-refractivity contribution < 1.29 is 4.42 Å². The van der Waals surface area contributed by atoms with Crippen molar-refractivity contribution in [2.75, 3.05) is 13.6 Å². The third kappa shape index (κ3) is 3.65. The molecule has 0 aliphatic carbocycles. The molecule has 2 rings (SSSR count). The largest absolute Gasteiger partial charge is 0.469 e. The number of furan rings is 1. The first-order valence-electron chi connectivity index (χ1n) is 5.83. The van der Waals surface area contributed by atoms with E-state index in [0.717, 1.165) is 30.4 Å². The van der Waals surface area contributed by atoms with Crippen LogP contribution in [0.25, 0.3) is 0 Å². The van der Waals surface area contributed by atoms with Crippen LogP contribution in [0.5, 0.6) is 0 Å². The van der Waals surface area contributed by atoms with Crippen molar-refractivity contribution in [2.24, 2.45) is 4.99 Å². The average Bonchev–Trinajstić information content (AvgIpc) is 3.06. The maximum atomic E-state index is 5.25. The average molecular weight is 247 g/mol. The van der Waals surface area contributed by atoms with Crippen LogP contribution in [0.4, 0.5) is 0 Å². The van der Waals surface area contributed by atoms with E-state index in [1.165, 1.54) is 0 Å². The van der Waals surface area contributed by atoms with Crippen LogP contribution in [-0.4, -0.2) is 29.7 Å². The van der Waals surface area contributed by atoms with Crippen LogP contribution in [0.1, 0.15) is 11.5 Å². The van der Waals surface area contributed by atoms with Gasteiger partial charge >= 0.3 is 0 Å². The Hall–Kier alpha value is -2.24. The number of aliphatic imine (C=N–C) groups is 1. The van der Waals surface area contributed by atoms with Crippen molar-refractivity contribution in [1.82, 2.24) is 20.8 Å². The first-order valence-corrected chi connectivity index (χ1v) is 5.83. The summed E-state index contributed by atoms with van der Waals surface area (Å²) in [7, 11) is 1.75. The fourth-order valence-corrected chi connectivity index (χ4v) is 1.54. The maximum Gasteiger partial charge on any atom is 0.191 e. The zero-order valence-electron chi connectivity index (χ0n) is 10.3. The molecule has 0 aliphatic rings. The van der Waals surface area contributed by atoms with Crippen molar-refractivity contribution in [3.63, 3.8) is 0 Å². The molecule has 0 atom stereocenters. The Morgan fingerprint density at radius 1 is 1.44 bits per heavy atom. The van der Waals surface area contributed by atoms with Gasteiger partial charge in [-0.25, -0.2) is 0 Å². The van der Waals surface area contributed by atoms with Crippen molar-refractivity contribution in [1.29, 1.82) is 0 Å². The summed E-state index contributed by atoms with van der Waals surface area (Å²) >= 11 is 0. The van der Waals surface area contributed by atoms with Gasteiger partial charge in [0.15, 0.2) is 5.96 Å². The lowest BCUT2D eigenvalue weighted by atomic mass is 10.3. The molecule has 18 heavy (non-hydrogen) atoms. The van der Waals surface area contributed by atoms with E-state index >= 15 is 0 Å². The van der Waals surface area contributed by atoms with Crippen molar-refractivity contribution in [3.05, 3.63) is 42.1 Å². The molecule has 0 fully saturated rings. The van der Waals surface area contributed by atoms with Gasteiger partial charge in [-0.1, -0.05) is 0 Å². The number of aromatic amines is 1. The molecule has 6 nitrogen and oxygen atoms in total. The summed E-state index contributed by atoms with van der Waals surface area (Å²) in [6, 6.07) is 5.77. The van der Waals surface area contributed by atoms with E-state index in [1.807, 2.05) is 18.2 Å². The summed E-state index contributed by atoms with van der Waals surface area (Å²) in [5.74, 6) is 1.72. The van der Waals surface area contributed by atoms with Gasteiger partial charge in [0, 0.05) is 26.2 Å². The second kappa shape index (κ2) is 6.48. The number of guanidine groups is 1. The number of rotatable bonds is 5. The fourth-order valence-electron chi connectivity index (χ4n) is 1.54. The Labute approximate surface area is 105 Å². The minimum atomic E-state index is 0.667. The summed E-state index contributed by atoms with van der Waals surface area (Å²) in [6.45, 7) is 1.44. The number of hydrogen-bond donors (Lipinski definition) is 3. The highest BCUT2D eigenvalue weighted by Gasteiger charge is 2.00. The van der Waals surface area contributed by atoms with Crippen LogP contribution < -0.4 is 10.6 Å². The lowest BCUT2D eigenvalue weighted by Gasteiger charge is -2.10. The molecular weight excluding hydrogens is 230 g/mol. The summed E-state index contributed by atoms with van der Waals surface area (Å²) in [6.07, 6.45) is 4.24. The number of hydrogen-bond acceptors (Lipinski definition) is 3. The third-order valence-corrected chi connectivity index (χ3v) is 2.47. The molecule has 2 aromatic rings. The summed E-state index contributed by atoms with van der Waals surface area (Å²) in [5, 5.41) is 13.2. The minimum Gasteiger partial charge on any atom is -0.469 e. The molecule has 0 radical (unpaired) electrons. The first kappa shape index (κ1) is 12.2. The van der Waals surface area contributed by atoms with E-state index in [4.69, 9.17) is 4.42 Å². The van der Waals surface area contributed by atoms with Gasteiger partial charge in [0.25, 0.3) is 0 Å². The molecular formula is C12H17N5O. The summed E-state index contributed by atoms with van der Waals surface area (Å²) < 4.78 is 5.25. The molecule has 0 saturated heterocycles. The van der Waals surface area contributed by atoms with E-state index in [-0.39, 0.29) is 0 Å². The number of H-pyrrole nitrogens is 1. The molecule has 2 heterocycles. The lowest BCUT2D eigenvalue weighted by Crippen LogP contribution is -2.37. The quantitative estimate of drug-likeness (QED) is 0.542. The maximum absolute atomic E-state index is 5.25. The Morgan fingerprint density at radius 3 is 3.06 bits per heavy atom. The topological polar surface area (TPSA) is 78.2 Å². The van der Waals surface area contributed by atoms with Gasteiger partial charge in [0.2, 0.25) is 0 Å². The van der Waals surface area contributed by atoms with Crippen LogP contribution in [0, 0.1) is 0 Å². The van der Waals surface area contributed by atoms with Crippen molar-refractivity contribution in [3.8, 4) is 0 Å². The van der Waals surface area contributed by atoms with Gasteiger partial charge in [-0.05, 0) is 18.2 Å². The molecule has 0 aromatic carbocycles. The Morgan fingerprint density at radius 2 is 2.39 bits per heavy atom. The Balaban J connectivity index is 1.69. The number of nitrogens with zero attached hydrogens (tertiary/aromatic N) is 2. The van der Waals surface area contributed by atoms with Crippen LogP contribution in [0.15, 0.2) is 40.1 Å². The van der Waals surface area contributed by atoms with Gasteiger partial charge in [-0.2, -0.15) is 5.10 Å². The van der Waals surface area contributed by atoms with Crippen molar-refractivity contribution >= 4 is 5.96 Å². The smallest absolute Gasteiger partial charge is 0.191 e. The molecule has 0 aliphatic heterocycles. The van der Waals surface area contributed by atoms with Crippen LogP contribution in [0.3, 0.4) is 0 Å². The molecule has 3 N–H and O–H groups in total. The molecule has 96 valence electrons. The van der Waals surface area contributed by atoms with Crippen LogP contribution in [-0.2, 0) is 13.0 Å². The third-order valence-electron chi connectivity index (χ3n) is 2.47. The molecule has 0 amide bonds. The minimum absolute atomic E-state index is 0.667. The molecule has 2 aromatic heterocycles. The lowest BCUT2D eigenvalue weighted by molar-refractivity contribution is 0.506. The second-order valence-corrected chi connectivity index (χ2v) is 3.76. The summed E-state index contributed by atoms with van der Waals surface area (Å²) in [4.78, 5) is 4.14. The predicted molar refractivity (Wildman–Crippen MR) is 69.2 cm³/mol. The monoisotopic (exact) mass is 247 g/mol. The van der Waals surface area contributed by atoms with Gasteiger partial charge in [-0.3, -0.25) is 10.1 Å². The highest BCUT2D eigenvalue weighted by molar-refractivity contribution is 5.79. The van der Waals surface area contributed by atoms with Crippen LogP contribution >= 0.6 is 0 Å². The molecule has 0 saturated carbocycles. The Bertz CT molecular complexity index is 461. The number of aromatic nitrogens is 2. The fraction of sp³-hybridized carbons (Fsp3) is 0.333. The van der Waals surface area contributed by atoms with Gasteiger partial charge in [-0.15, -0.1) is 0 Å². The zero-order chi connectivity index (χ0) is 12.6. The van der Waals surface area contributed by atoms with E-state index in [9.17, 15) is 0 Å². The molecule has 0 unspecified atom stereocenters. The van der Waals surface area contributed by atoms with Crippen molar-refractivity contribution in [2.45, 2.75) is 13.0 Å². The normalized spacial score (nSPS) is 11.5. The standard InChI is InChI=1S/C12H17N5O/c1-13-12(15-9-10-4-7-16-17-10)14-6-5-11-3-2-8-18-11/h2-4,7-8H,5-6,9H2,1H3,(H,16,17)(H2,13,14,15). The van der Waals surface area contributed by atoms with Gasteiger partial charge in [0.05, 0.1) is 18.5 Å². The zero-order valence-corrected chi connectivity index (χ0v) is 10.3. The van der Waals surface area contributed by atoms with E-state index in [2.05, 4.69) is 25.8 Å². The van der Waals surface area contributed by atoms with Crippen LogP contribution in [0.2, 0.25) is 0 Å². The predicted octanol–water partition coefficient (Wildman–Crippen LogP) is 0.910. The SMILES string of the molecule is CN=C(NCCc1ccco1)NCc1ccn[nH]1. The highest BCUT2D eigenvalue weighted by atomic mass is 16.3. The molecule has 0 bridgehead atoms. The van der Waals surface area contributed by atoms with Gasteiger partial charge in [0.1, 0.15) is 5.76 Å². The van der Waals surface area contributed by atoms with E-state index < -0.39 is 0 Å². The molecule has 0 spiro atoms. The van der Waals surface area contributed by atoms with Gasteiger partial charge < -0.3 is 15.1 Å². The van der Waals surface area contributed by atoms with E-state index in [1.54, 1.807) is 19.5 Å². The first-order chi connectivity index (χ1) is 8.88. The molecule has 6 heteroatoms.